The molecule has 1 fully saturated rings. The van der Waals surface area contributed by atoms with Crippen molar-refractivity contribution >= 4 is 33.5 Å². The summed E-state index contributed by atoms with van der Waals surface area (Å²) in [4.78, 5) is 25.8. The van der Waals surface area contributed by atoms with E-state index in [9.17, 15) is 9.59 Å². The lowest BCUT2D eigenvalue weighted by atomic mass is 10.0. The molecule has 1 heterocycles. The van der Waals surface area contributed by atoms with Crippen LogP contribution >= 0.6 is 15.9 Å². The molecule has 1 aliphatic heterocycles. The Hall–Kier alpha value is -1.56. The van der Waals surface area contributed by atoms with Gasteiger partial charge in [0.15, 0.2) is 6.61 Å². The molecule has 5 nitrogen and oxygen atoms in total. The molecule has 114 valence electrons. The lowest BCUT2D eigenvalue weighted by Crippen LogP contribution is -2.41. The fourth-order valence-electron chi connectivity index (χ4n) is 2.42. The number of nitrogens with zero attached hydrogens (tertiary/aromatic N) is 1. The summed E-state index contributed by atoms with van der Waals surface area (Å²) in [7, 11) is 0. The van der Waals surface area contributed by atoms with Gasteiger partial charge in [0.1, 0.15) is 0 Å². The fraction of sp³-hybridized carbons (Fsp3) is 0.467. The Bertz CT molecular complexity index is 548. The number of halogens is 1. The van der Waals surface area contributed by atoms with Gasteiger partial charge in [-0.15, -0.1) is 0 Å². The van der Waals surface area contributed by atoms with E-state index in [1.165, 1.54) is 0 Å². The molecular weight excluding hydrogens is 336 g/mol. The molecule has 0 spiro atoms. The van der Waals surface area contributed by atoms with Gasteiger partial charge >= 0.3 is 5.97 Å². The Morgan fingerprint density at radius 3 is 2.95 bits per heavy atom. The molecule has 0 unspecified atom stereocenters. The van der Waals surface area contributed by atoms with Crippen molar-refractivity contribution in [3.8, 4) is 0 Å². The summed E-state index contributed by atoms with van der Waals surface area (Å²) in [5.41, 5.74) is 6.34. The number of nitrogen functional groups attached to an aromatic ring is 1. The van der Waals surface area contributed by atoms with Crippen molar-refractivity contribution in [3.63, 3.8) is 0 Å². The van der Waals surface area contributed by atoms with Crippen molar-refractivity contribution in [2.45, 2.75) is 19.8 Å². The van der Waals surface area contributed by atoms with Crippen molar-refractivity contribution in [1.82, 2.24) is 4.90 Å². The molecule has 0 radical (unpaired) electrons. The highest BCUT2D eigenvalue weighted by atomic mass is 79.9. The number of likely N-dealkylation sites (tertiary alicyclic amines) is 1. The Balaban J connectivity index is 1.91. The lowest BCUT2D eigenvalue weighted by molar-refractivity contribution is -0.136. The van der Waals surface area contributed by atoms with E-state index >= 15 is 0 Å². The summed E-state index contributed by atoms with van der Waals surface area (Å²) < 4.78 is 5.82. The number of benzene rings is 1. The van der Waals surface area contributed by atoms with Gasteiger partial charge in [-0.2, -0.15) is 0 Å². The Morgan fingerprint density at radius 2 is 2.24 bits per heavy atom. The number of anilines is 1. The zero-order valence-corrected chi connectivity index (χ0v) is 13.6. The minimum absolute atomic E-state index is 0.150. The van der Waals surface area contributed by atoms with Crippen molar-refractivity contribution in [1.29, 1.82) is 0 Å². The standard InChI is InChI=1S/C15H19BrN2O3/c1-10-3-2-6-18(8-10)14(19)9-21-15(20)12-7-11(16)4-5-13(12)17/h4-5,7,10H,2-3,6,8-9,17H2,1H3/t10-/m1/s1. The van der Waals surface area contributed by atoms with Crippen LogP contribution in [0.4, 0.5) is 5.69 Å². The maximum Gasteiger partial charge on any atom is 0.340 e. The second-order valence-corrected chi connectivity index (χ2v) is 6.31. The molecule has 0 aliphatic carbocycles. The molecular formula is C15H19BrN2O3. The second-order valence-electron chi connectivity index (χ2n) is 5.39. The molecule has 0 bridgehead atoms. The van der Waals surface area contributed by atoms with Gasteiger partial charge in [0.2, 0.25) is 0 Å². The van der Waals surface area contributed by atoms with Crippen LogP contribution in [0.3, 0.4) is 0 Å². The zero-order chi connectivity index (χ0) is 15.4. The molecule has 1 aromatic rings. The van der Waals surface area contributed by atoms with E-state index < -0.39 is 5.97 Å². The molecule has 1 amide bonds. The van der Waals surface area contributed by atoms with Crippen molar-refractivity contribution in [2.75, 3.05) is 25.4 Å². The smallest absolute Gasteiger partial charge is 0.340 e. The number of carbonyl (C=O) groups excluding carboxylic acids is 2. The van der Waals surface area contributed by atoms with Gasteiger partial charge in [0.25, 0.3) is 5.91 Å². The van der Waals surface area contributed by atoms with Gasteiger partial charge in [-0.1, -0.05) is 22.9 Å². The monoisotopic (exact) mass is 354 g/mol. The summed E-state index contributed by atoms with van der Waals surface area (Å²) in [6.45, 7) is 3.35. The number of nitrogens with two attached hydrogens (primary N) is 1. The summed E-state index contributed by atoms with van der Waals surface area (Å²) in [5.74, 6) is -0.227. The molecule has 21 heavy (non-hydrogen) atoms. The number of amides is 1. The van der Waals surface area contributed by atoms with Gasteiger partial charge < -0.3 is 15.4 Å². The number of rotatable bonds is 3. The first-order valence-electron chi connectivity index (χ1n) is 6.97. The topological polar surface area (TPSA) is 72.6 Å². The summed E-state index contributed by atoms with van der Waals surface area (Å²) >= 11 is 3.28. The zero-order valence-electron chi connectivity index (χ0n) is 12.0. The van der Waals surface area contributed by atoms with E-state index in [1.54, 1.807) is 23.1 Å². The van der Waals surface area contributed by atoms with E-state index in [2.05, 4.69) is 22.9 Å². The van der Waals surface area contributed by atoms with Crippen LogP contribution in [-0.2, 0) is 9.53 Å². The van der Waals surface area contributed by atoms with E-state index in [0.29, 0.717) is 11.6 Å². The second kappa shape index (κ2) is 6.93. The van der Waals surface area contributed by atoms with Crippen molar-refractivity contribution < 1.29 is 14.3 Å². The maximum absolute atomic E-state index is 12.0. The summed E-state index contributed by atoms with van der Waals surface area (Å²) in [6, 6.07) is 4.95. The SMILES string of the molecule is C[C@@H]1CCCN(C(=O)COC(=O)c2cc(Br)ccc2N)C1. The Morgan fingerprint density at radius 1 is 1.48 bits per heavy atom. The van der Waals surface area contributed by atoms with Crippen LogP contribution < -0.4 is 5.73 Å². The number of carbonyl (C=O) groups is 2. The average Bonchev–Trinajstić information content (AvgIpc) is 2.47. The van der Waals surface area contributed by atoms with Gasteiger partial charge in [0.05, 0.1) is 5.56 Å². The van der Waals surface area contributed by atoms with E-state index in [1.807, 2.05) is 0 Å². The fourth-order valence-corrected chi connectivity index (χ4v) is 2.78. The van der Waals surface area contributed by atoms with Crippen molar-refractivity contribution in [3.05, 3.63) is 28.2 Å². The van der Waals surface area contributed by atoms with Crippen LogP contribution in [0, 0.1) is 5.92 Å². The predicted molar refractivity (Wildman–Crippen MR) is 83.8 cm³/mol. The first kappa shape index (κ1) is 15.8. The largest absolute Gasteiger partial charge is 0.452 e. The van der Waals surface area contributed by atoms with Crippen LogP contribution in [0.15, 0.2) is 22.7 Å². The predicted octanol–water partition coefficient (Wildman–Crippen LogP) is 2.45. The van der Waals surface area contributed by atoms with Crippen LogP contribution in [-0.4, -0.2) is 36.5 Å². The molecule has 0 saturated carbocycles. The van der Waals surface area contributed by atoms with Gasteiger partial charge in [-0.3, -0.25) is 4.79 Å². The lowest BCUT2D eigenvalue weighted by Gasteiger charge is -2.30. The highest BCUT2D eigenvalue weighted by molar-refractivity contribution is 9.10. The molecule has 1 saturated heterocycles. The molecule has 0 aromatic heterocycles. The summed E-state index contributed by atoms with van der Waals surface area (Å²) in [6.07, 6.45) is 2.14. The third kappa shape index (κ3) is 4.20. The van der Waals surface area contributed by atoms with E-state index in [4.69, 9.17) is 10.5 Å². The van der Waals surface area contributed by atoms with E-state index in [0.717, 1.165) is 30.4 Å². The maximum atomic E-state index is 12.0. The Labute approximate surface area is 132 Å². The minimum atomic E-state index is -0.577. The van der Waals surface area contributed by atoms with Crippen LogP contribution in [0.25, 0.3) is 0 Å². The normalized spacial score (nSPS) is 18.4. The van der Waals surface area contributed by atoms with Gasteiger partial charge in [-0.05, 0) is 37.0 Å². The van der Waals surface area contributed by atoms with Gasteiger partial charge in [0, 0.05) is 23.2 Å². The number of hydrogen-bond acceptors (Lipinski definition) is 4. The minimum Gasteiger partial charge on any atom is -0.452 e. The van der Waals surface area contributed by atoms with Gasteiger partial charge in [-0.25, -0.2) is 4.79 Å². The number of piperidine rings is 1. The number of esters is 1. The third-order valence-electron chi connectivity index (χ3n) is 3.57. The average molecular weight is 355 g/mol. The van der Waals surface area contributed by atoms with E-state index in [-0.39, 0.29) is 18.1 Å². The van der Waals surface area contributed by atoms with Crippen LogP contribution in [0.5, 0.6) is 0 Å². The molecule has 2 N–H and O–H groups in total. The first-order chi connectivity index (χ1) is 9.97. The highest BCUT2D eigenvalue weighted by Gasteiger charge is 2.22. The molecule has 2 rings (SSSR count). The first-order valence-corrected chi connectivity index (χ1v) is 7.76. The number of ether oxygens (including phenoxy) is 1. The molecule has 6 heteroatoms. The molecule has 1 atom stereocenters. The molecule has 1 aliphatic rings. The van der Waals surface area contributed by atoms with Crippen LogP contribution in [0.2, 0.25) is 0 Å². The summed E-state index contributed by atoms with van der Waals surface area (Å²) in [5, 5.41) is 0. The van der Waals surface area contributed by atoms with Crippen LogP contribution in [0.1, 0.15) is 30.1 Å². The Kier molecular flexibility index (Phi) is 5.22. The molecule has 1 aromatic carbocycles. The third-order valence-corrected chi connectivity index (χ3v) is 4.06. The quantitative estimate of drug-likeness (QED) is 0.668. The number of hydrogen-bond donors (Lipinski definition) is 1. The highest BCUT2D eigenvalue weighted by Crippen LogP contribution is 2.19. The van der Waals surface area contributed by atoms with Crippen molar-refractivity contribution in [2.24, 2.45) is 5.92 Å².